The predicted molar refractivity (Wildman–Crippen MR) is 78.0 cm³/mol. The molecule has 1 heterocycles. The van der Waals surface area contributed by atoms with Crippen molar-refractivity contribution in [1.82, 2.24) is 4.90 Å². The van der Waals surface area contributed by atoms with Crippen molar-refractivity contribution in [3.05, 3.63) is 23.8 Å². The SMILES string of the molecule is COc1ccc(OC)c(CN2CC(CS(=O)(=O)F)CC2=O)c1. The Hall–Kier alpha value is -1.83. The summed E-state index contributed by atoms with van der Waals surface area (Å²) in [5.74, 6) is -0.0945. The maximum Gasteiger partial charge on any atom is 0.302 e. The van der Waals surface area contributed by atoms with E-state index in [1.807, 2.05) is 0 Å². The van der Waals surface area contributed by atoms with Crippen LogP contribution in [-0.2, 0) is 21.6 Å². The van der Waals surface area contributed by atoms with E-state index in [0.717, 1.165) is 5.56 Å². The van der Waals surface area contributed by atoms with E-state index in [1.165, 1.54) is 19.1 Å². The molecule has 6 nitrogen and oxygen atoms in total. The molecule has 122 valence electrons. The van der Waals surface area contributed by atoms with Gasteiger partial charge in [-0.05, 0) is 18.2 Å². The van der Waals surface area contributed by atoms with Crippen LogP contribution in [0.15, 0.2) is 18.2 Å². The molecule has 1 aromatic carbocycles. The van der Waals surface area contributed by atoms with Gasteiger partial charge in [-0.2, -0.15) is 8.42 Å². The van der Waals surface area contributed by atoms with Crippen LogP contribution in [0.1, 0.15) is 12.0 Å². The number of carbonyl (C=O) groups is 1. The van der Waals surface area contributed by atoms with Crippen LogP contribution in [0.4, 0.5) is 3.89 Å². The third kappa shape index (κ3) is 4.09. The summed E-state index contributed by atoms with van der Waals surface area (Å²) < 4.78 is 44.6. The fourth-order valence-corrected chi connectivity index (χ4v) is 3.40. The quantitative estimate of drug-likeness (QED) is 0.736. The van der Waals surface area contributed by atoms with Crippen LogP contribution < -0.4 is 9.47 Å². The normalized spacial score (nSPS) is 18.6. The monoisotopic (exact) mass is 331 g/mol. The first-order valence-corrected chi connectivity index (χ1v) is 8.28. The standard InChI is InChI=1S/C14H18FNO5S/c1-20-12-3-4-13(21-2)11(6-12)8-16-7-10(5-14(16)17)9-22(15,18)19/h3-4,6,10H,5,7-9H2,1-2H3. The Morgan fingerprint density at radius 1 is 1.32 bits per heavy atom. The van der Waals surface area contributed by atoms with E-state index in [2.05, 4.69) is 0 Å². The van der Waals surface area contributed by atoms with Crippen LogP contribution in [0.2, 0.25) is 0 Å². The Morgan fingerprint density at radius 2 is 2.05 bits per heavy atom. The molecule has 1 saturated heterocycles. The zero-order valence-corrected chi connectivity index (χ0v) is 13.2. The van der Waals surface area contributed by atoms with Crippen molar-refractivity contribution in [2.45, 2.75) is 13.0 Å². The summed E-state index contributed by atoms with van der Waals surface area (Å²) >= 11 is 0. The number of likely N-dealkylation sites (tertiary alicyclic amines) is 1. The molecule has 8 heteroatoms. The van der Waals surface area contributed by atoms with Gasteiger partial charge >= 0.3 is 10.2 Å². The fourth-order valence-electron chi connectivity index (χ4n) is 2.61. The highest BCUT2D eigenvalue weighted by atomic mass is 32.3. The molecule has 0 aliphatic carbocycles. The molecule has 0 radical (unpaired) electrons. The smallest absolute Gasteiger partial charge is 0.302 e. The molecule has 1 atom stereocenters. The fraction of sp³-hybridized carbons (Fsp3) is 0.500. The zero-order valence-electron chi connectivity index (χ0n) is 12.4. The van der Waals surface area contributed by atoms with Crippen molar-refractivity contribution < 1.29 is 26.6 Å². The van der Waals surface area contributed by atoms with Crippen molar-refractivity contribution in [3.63, 3.8) is 0 Å². The largest absolute Gasteiger partial charge is 0.497 e. The third-order valence-corrected chi connectivity index (χ3v) is 4.45. The van der Waals surface area contributed by atoms with Crippen molar-refractivity contribution in [2.75, 3.05) is 26.5 Å². The Morgan fingerprint density at radius 3 is 2.64 bits per heavy atom. The van der Waals surface area contributed by atoms with Crippen LogP contribution in [0, 0.1) is 5.92 Å². The lowest BCUT2D eigenvalue weighted by Gasteiger charge is -2.19. The van der Waals surface area contributed by atoms with Crippen LogP contribution in [-0.4, -0.2) is 45.7 Å². The third-order valence-electron chi connectivity index (χ3n) is 3.58. The number of hydrogen-bond donors (Lipinski definition) is 0. The minimum absolute atomic E-state index is 0.0371. The molecule has 1 unspecified atom stereocenters. The number of nitrogens with zero attached hydrogens (tertiary/aromatic N) is 1. The number of hydrogen-bond acceptors (Lipinski definition) is 5. The second kappa shape index (κ2) is 6.51. The molecule has 0 saturated carbocycles. The van der Waals surface area contributed by atoms with Gasteiger partial charge in [0.2, 0.25) is 5.91 Å². The maximum atomic E-state index is 12.7. The van der Waals surface area contributed by atoms with Gasteiger partial charge in [0, 0.05) is 31.0 Å². The van der Waals surface area contributed by atoms with Crippen LogP contribution in [0.25, 0.3) is 0 Å². The molecule has 1 amide bonds. The first-order chi connectivity index (χ1) is 10.3. The minimum Gasteiger partial charge on any atom is -0.497 e. The lowest BCUT2D eigenvalue weighted by molar-refractivity contribution is -0.128. The van der Waals surface area contributed by atoms with E-state index >= 15 is 0 Å². The van der Waals surface area contributed by atoms with E-state index in [0.29, 0.717) is 11.5 Å². The van der Waals surface area contributed by atoms with Crippen LogP contribution in [0.5, 0.6) is 11.5 Å². The molecule has 1 fully saturated rings. The molecule has 0 aromatic heterocycles. The second-order valence-electron chi connectivity index (χ2n) is 5.23. The van der Waals surface area contributed by atoms with Gasteiger partial charge in [-0.3, -0.25) is 4.79 Å². The Bertz CT molecular complexity index is 661. The molecule has 1 aliphatic heterocycles. The molecule has 1 aromatic rings. The van der Waals surface area contributed by atoms with E-state index in [1.54, 1.807) is 18.2 Å². The van der Waals surface area contributed by atoms with E-state index < -0.39 is 21.9 Å². The molecular formula is C14H18FNO5S. The van der Waals surface area contributed by atoms with Crippen molar-refractivity contribution in [3.8, 4) is 11.5 Å². The molecule has 0 bridgehead atoms. The van der Waals surface area contributed by atoms with Gasteiger partial charge in [-0.15, -0.1) is 3.89 Å². The molecule has 1 aliphatic rings. The Kier molecular flexibility index (Phi) is 4.90. The lowest BCUT2D eigenvalue weighted by atomic mass is 10.1. The number of ether oxygens (including phenoxy) is 2. The number of rotatable bonds is 6. The highest BCUT2D eigenvalue weighted by molar-refractivity contribution is 7.86. The van der Waals surface area contributed by atoms with E-state index in [4.69, 9.17) is 9.47 Å². The van der Waals surface area contributed by atoms with Gasteiger partial charge < -0.3 is 14.4 Å². The Balaban J connectivity index is 2.12. The summed E-state index contributed by atoms with van der Waals surface area (Å²) in [5.41, 5.74) is 0.749. The maximum absolute atomic E-state index is 12.7. The number of halogens is 1. The van der Waals surface area contributed by atoms with Crippen molar-refractivity contribution >= 4 is 16.1 Å². The highest BCUT2D eigenvalue weighted by Crippen LogP contribution is 2.28. The predicted octanol–water partition coefficient (Wildman–Crippen LogP) is 1.35. The summed E-state index contributed by atoms with van der Waals surface area (Å²) in [6.45, 7) is 0.477. The summed E-state index contributed by atoms with van der Waals surface area (Å²) in [7, 11) is -1.51. The molecule has 0 spiro atoms. The Labute approximate surface area is 129 Å². The summed E-state index contributed by atoms with van der Waals surface area (Å²) in [4.78, 5) is 13.5. The van der Waals surface area contributed by atoms with E-state index in [-0.39, 0.29) is 25.4 Å². The van der Waals surface area contributed by atoms with Crippen molar-refractivity contribution in [1.29, 1.82) is 0 Å². The first-order valence-electron chi connectivity index (χ1n) is 6.73. The summed E-state index contributed by atoms with van der Waals surface area (Å²) in [6.07, 6.45) is 0.0371. The second-order valence-corrected chi connectivity index (χ2v) is 6.64. The van der Waals surface area contributed by atoms with Crippen molar-refractivity contribution in [2.24, 2.45) is 5.92 Å². The molecule has 0 N–H and O–H groups in total. The number of carbonyl (C=O) groups excluding carboxylic acids is 1. The van der Waals surface area contributed by atoms with Gasteiger partial charge in [0.05, 0.1) is 20.0 Å². The first kappa shape index (κ1) is 16.5. The topological polar surface area (TPSA) is 72.9 Å². The van der Waals surface area contributed by atoms with Gasteiger partial charge in [0.25, 0.3) is 0 Å². The number of amides is 1. The van der Waals surface area contributed by atoms with Gasteiger partial charge in [-0.25, -0.2) is 0 Å². The van der Waals surface area contributed by atoms with Gasteiger partial charge in [0.1, 0.15) is 11.5 Å². The number of benzene rings is 1. The van der Waals surface area contributed by atoms with Crippen LogP contribution in [0.3, 0.4) is 0 Å². The van der Waals surface area contributed by atoms with Crippen LogP contribution >= 0.6 is 0 Å². The highest BCUT2D eigenvalue weighted by Gasteiger charge is 2.33. The zero-order chi connectivity index (χ0) is 16.3. The van der Waals surface area contributed by atoms with Gasteiger partial charge in [-0.1, -0.05) is 0 Å². The summed E-state index contributed by atoms with van der Waals surface area (Å²) in [6, 6.07) is 5.23. The number of methoxy groups -OCH3 is 2. The average Bonchev–Trinajstić information content (AvgIpc) is 2.76. The average molecular weight is 331 g/mol. The molecule has 2 rings (SSSR count). The molecule has 22 heavy (non-hydrogen) atoms. The summed E-state index contributed by atoms with van der Waals surface area (Å²) in [5, 5.41) is 0. The minimum atomic E-state index is -4.57. The van der Waals surface area contributed by atoms with Gasteiger partial charge in [0.15, 0.2) is 0 Å². The lowest BCUT2D eigenvalue weighted by Crippen LogP contribution is -2.25. The van der Waals surface area contributed by atoms with E-state index in [9.17, 15) is 17.1 Å². The molecular weight excluding hydrogens is 313 g/mol.